The molecule has 0 aliphatic heterocycles. The van der Waals surface area contributed by atoms with Gasteiger partial charge in [-0.1, -0.05) is 36.8 Å². The van der Waals surface area contributed by atoms with Gasteiger partial charge in [0.05, 0.1) is 0 Å². The maximum Gasteiger partial charge on any atom is 0.265 e. The predicted octanol–water partition coefficient (Wildman–Crippen LogP) is 3.99. The molecule has 0 saturated heterocycles. The highest BCUT2D eigenvalue weighted by molar-refractivity contribution is 5.98. The molecule has 0 spiro atoms. The Labute approximate surface area is 136 Å². The second-order valence-electron chi connectivity index (χ2n) is 5.45. The second kappa shape index (κ2) is 7.58. The highest BCUT2D eigenvalue weighted by Crippen LogP contribution is 2.17. The van der Waals surface area contributed by atoms with Crippen LogP contribution >= 0.6 is 0 Å². The zero-order valence-electron chi connectivity index (χ0n) is 13.6. The summed E-state index contributed by atoms with van der Waals surface area (Å²) < 4.78 is 5.75. The molecule has 0 fully saturated rings. The molecular formula is C19H21NO3. The summed E-state index contributed by atoms with van der Waals surface area (Å²) in [5.74, 6) is 0.396. The van der Waals surface area contributed by atoms with E-state index in [1.54, 1.807) is 24.3 Å². The summed E-state index contributed by atoms with van der Waals surface area (Å²) in [6.07, 6.45) is -0.0368. The smallest absolute Gasteiger partial charge is 0.265 e. The molecule has 4 nitrogen and oxygen atoms in total. The van der Waals surface area contributed by atoms with Crippen LogP contribution in [0.4, 0.5) is 5.69 Å². The Morgan fingerprint density at radius 2 is 1.83 bits per heavy atom. The maximum atomic E-state index is 12.4. The number of ketones is 1. The van der Waals surface area contributed by atoms with Crippen LogP contribution in [0.3, 0.4) is 0 Å². The molecule has 0 radical (unpaired) electrons. The first kappa shape index (κ1) is 16.7. The maximum absolute atomic E-state index is 12.4. The lowest BCUT2D eigenvalue weighted by Gasteiger charge is -2.17. The summed E-state index contributed by atoms with van der Waals surface area (Å²) in [7, 11) is 0. The Bertz CT molecular complexity index is 692. The van der Waals surface area contributed by atoms with Gasteiger partial charge in [0.2, 0.25) is 0 Å². The van der Waals surface area contributed by atoms with Crippen molar-refractivity contribution in [1.82, 2.24) is 0 Å². The molecule has 0 aliphatic rings. The van der Waals surface area contributed by atoms with Gasteiger partial charge in [-0.3, -0.25) is 9.59 Å². The van der Waals surface area contributed by atoms with Gasteiger partial charge in [-0.15, -0.1) is 0 Å². The van der Waals surface area contributed by atoms with Gasteiger partial charge < -0.3 is 10.1 Å². The van der Waals surface area contributed by atoms with E-state index in [9.17, 15) is 9.59 Å². The first-order chi connectivity index (χ1) is 11.0. The molecule has 120 valence electrons. The fourth-order valence-corrected chi connectivity index (χ4v) is 2.14. The van der Waals surface area contributed by atoms with Crippen LogP contribution in [0, 0.1) is 6.92 Å². The van der Waals surface area contributed by atoms with E-state index in [4.69, 9.17) is 4.74 Å². The van der Waals surface area contributed by atoms with E-state index >= 15 is 0 Å². The fourth-order valence-electron chi connectivity index (χ4n) is 2.14. The van der Waals surface area contributed by atoms with Gasteiger partial charge in [0.1, 0.15) is 5.75 Å². The lowest BCUT2D eigenvalue weighted by atomic mass is 10.1. The Kier molecular flexibility index (Phi) is 5.52. The third-order valence-corrected chi connectivity index (χ3v) is 3.50. The van der Waals surface area contributed by atoms with Gasteiger partial charge in [0.15, 0.2) is 11.9 Å². The van der Waals surface area contributed by atoms with E-state index in [2.05, 4.69) is 5.32 Å². The van der Waals surface area contributed by atoms with Gasteiger partial charge in [0, 0.05) is 11.3 Å². The van der Waals surface area contributed by atoms with Gasteiger partial charge in [-0.2, -0.15) is 0 Å². The molecule has 0 aromatic heterocycles. The van der Waals surface area contributed by atoms with Crippen molar-refractivity contribution in [2.75, 3.05) is 5.32 Å². The molecule has 0 aliphatic carbocycles. The molecule has 2 aromatic rings. The van der Waals surface area contributed by atoms with E-state index in [-0.39, 0.29) is 11.7 Å². The third kappa shape index (κ3) is 4.68. The van der Waals surface area contributed by atoms with E-state index in [1.807, 2.05) is 38.1 Å². The van der Waals surface area contributed by atoms with E-state index < -0.39 is 6.10 Å². The number of anilines is 1. The minimum absolute atomic E-state index is 0.0379. The number of carbonyl (C=O) groups excluding carboxylic acids is 2. The van der Waals surface area contributed by atoms with E-state index in [0.29, 0.717) is 23.4 Å². The Morgan fingerprint density at radius 3 is 2.43 bits per heavy atom. The molecular weight excluding hydrogens is 290 g/mol. The molecule has 0 bridgehead atoms. The standard InChI is InChI=1S/C19H21NO3/c1-4-18(23-17-10-8-13(2)9-11-17)19(22)20-16-7-5-6-15(12-16)14(3)21/h5-12,18H,4H2,1-3H3,(H,20,22)/t18-/m0/s1. The molecule has 1 N–H and O–H groups in total. The van der Waals surface area contributed by atoms with Crippen LogP contribution in [0.15, 0.2) is 48.5 Å². The predicted molar refractivity (Wildman–Crippen MR) is 91.0 cm³/mol. The number of nitrogens with one attached hydrogen (secondary N) is 1. The minimum atomic E-state index is -0.585. The number of carbonyl (C=O) groups is 2. The topological polar surface area (TPSA) is 55.4 Å². The molecule has 0 saturated carbocycles. The average molecular weight is 311 g/mol. The monoisotopic (exact) mass is 311 g/mol. The Balaban J connectivity index is 2.06. The second-order valence-corrected chi connectivity index (χ2v) is 5.45. The summed E-state index contributed by atoms with van der Waals surface area (Å²) in [5.41, 5.74) is 2.29. The van der Waals surface area contributed by atoms with Crippen LogP contribution in [0.25, 0.3) is 0 Å². The number of aryl methyl sites for hydroxylation is 1. The number of amides is 1. The molecule has 23 heavy (non-hydrogen) atoms. The summed E-state index contributed by atoms with van der Waals surface area (Å²) in [6, 6.07) is 14.5. The van der Waals surface area contributed by atoms with Crippen molar-refractivity contribution in [1.29, 1.82) is 0 Å². The normalized spacial score (nSPS) is 11.6. The van der Waals surface area contributed by atoms with Crippen molar-refractivity contribution < 1.29 is 14.3 Å². The van der Waals surface area contributed by atoms with Crippen LogP contribution in [0.5, 0.6) is 5.75 Å². The molecule has 2 aromatic carbocycles. The lowest BCUT2D eigenvalue weighted by Crippen LogP contribution is -2.32. The summed E-state index contributed by atoms with van der Waals surface area (Å²) >= 11 is 0. The van der Waals surface area contributed by atoms with Crippen molar-refractivity contribution in [3.63, 3.8) is 0 Å². The van der Waals surface area contributed by atoms with E-state index in [1.165, 1.54) is 6.92 Å². The molecule has 0 unspecified atom stereocenters. The van der Waals surface area contributed by atoms with Crippen LogP contribution in [-0.4, -0.2) is 17.8 Å². The molecule has 1 atom stereocenters. The van der Waals surface area contributed by atoms with Crippen molar-refractivity contribution >= 4 is 17.4 Å². The number of hydrogen-bond donors (Lipinski definition) is 1. The quantitative estimate of drug-likeness (QED) is 0.821. The SMILES string of the molecule is CC[C@H](Oc1ccc(C)cc1)C(=O)Nc1cccc(C(C)=O)c1. The van der Waals surface area contributed by atoms with Crippen molar-refractivity contribution in [3.05, 3.63) is 59.7 Å². The molecule has 2 rings (SSSR count). The van der Waals surface area contributed by atoms with Gasteiger partial charge in [-0.25, -0.2) is 0 Å². The van der Waals surface area contributed by atoms with Crippen LogP contribution in [0.1, 0.15) is 36.2 Å². The van der Waals surface area contributed by atoms with Crippen molar-refractivity contribution in [2.45, 2.75) is 33.3 Å². The third-order valence-electron chi connectivity index (χ3n) is 3.50. The first-order valence-corrected chi connectivity index (χ1v) is 7.64. The Morgan fingerprint density at radius 1 is 1.13 bits per heavy atom. The minimum Gasteiger partial charge on any atom is -0.481 e. The molecule has 0 heterocycles. The average Bonchev–Trinajstić information content (AvgIpc) is 2.54. The van der Waals surface area contributed by atoms with Crippen LogP contribution < -0.4 is 10.1 Å². The van der Waals surface area contributed by atoms with Gasteiger partial charge >= 0.3 is 0 Å². The zero-order valence-corrected chi connectivity index (χ0v) is 13.6. The summed E-state index contributed by atoms with van der Waals surface area (Å²) in [4.78, 5) is 23.8. The highest BCUT2D eigenvalue weighted by atomic mass is 16.5. The zero-order chi connectivity index (χ0) is 16.8. The molecule has 1 amide bonds. The van der Waals surface area contributed by atoms with Crippen molar-refractivity contribution in [2.24, 2.45) is 0 Å². The fraction of sp³-hybridized carbons (Fsp3) is 0.263. The van der Waals surface area contributed by atoms with Gasteiger partial charge in [0.25, 0.3) is 5.91 Å². The lowest BCUT2D eigenvalue weighted by molar-refractivity contribution is -0.122. The number of Topliss-reactive ketones (excluding diaryl/α,β-unsaturated/α-hetero) is 1. The van der Waals surface area contributed by atoms with E-state index in [0.717, 1.165) is 5.56 Å². The highest BCUT2D eigenvalue weighted by Gasteiger charge is 2.18. The molecule has 4 heteroatoms. The van der Waals surface area contributed by atoms with Crippen LogP contribution in [-0.2, 0) is 4.79 Å². The first-order valence-electron chi connectivity index (χ1n) is 7.64. The number of ether oxygens (including phenoxy) is 1. The Hall–Kier alpha value is -2.62. The van der Waals surface area contributed by atoms with Crippen LogP contribution in [0.2, 0.25) is 0 Å². The van der Waals surface area contributed by atoms with Crippen molar-refractivity contribution in [3.8, 4) is 5.75 Å². The largest absolute Gasteiger partial charge is 0.481 e. The van der Waals surface area contributed by atoms with Gasteiger partial charge in [-0.05, 0) is 44.5 Å². The summed E-state index contributed by atoms with van der Waals surface area (Å²) in [6.45, 7) is 5.39. The summed E-state index contributed by atoms with van der Waals surface area (Å²) in [5, 5.41) is 2.80. The number of hydrogen-bond acceptors (Lipinski definition) is 3. The number of benzene rings is 2. The number of rotatable bonds is 6.